The molecule has 31 heavy (non-hydrogen) atoms. The van der Waals surface area contributed by atoms with Crippen LogP contribution in [0.4, 0.5) is 23.0 Å². The second-order valence-corrected chi connectivity index (χ2v) is 9.51. The fraction of sp³-hybridized carbons (Fsp3) is 0.304. The van der Waals surface area contributed by atoms with Crippen molar-refractivity contribution < 1.29 is 8.42 Å². The van der Waals surface area contributed by atoms with Gasteiger partial charge in [0.1, 0.15) is 17.5 Å². The lowest BCUT2D eigenvalue weighted by molar-refractivity contribution is 0.572. The number of sulfonamides is 1. The quantitative estimate of drug-likeness (QED) is 0.585. The molecule has 1 saturated heterocycles. The maximum atomic E-state index is 12.6. The molecule has 1 aromatic heterocycles. The van der Waals surface area contributed by atoms with Crippen molar-refractivity contribution in [2.75, 3.05) is 28.0 Å². The van der Waals surface area contributed by atoms with Gasteiger partial charge in [0, 0.05) is 30.5 Å². The van der Waals surface area contributed by atoms with E-state index in [2.05, 4.69) is 24.9 Å². The highest BCUT2D eigenvalue weighted by molar-refractivity contribution is 7.92. The van der Waals surface area contributed by atoms with Gasteiger partial charge >= 0.3 is 0 Å². The molecule has 0 saturated carbocycles. The first-order valence-corrected chi connectivity index (χ1v) is 11.9. The van der Waals surface area contributed by atoms with Crippen LogP contribution in [0.5, 0.6) is 0 Å². The zero-order valence-corrected chi connectivity index (χ0v) is 18.6. The highest BCUT2D eigenvalue weighted by Crippen LogP contribution is 2.24. The molecule has 8 heteroatoms. The summed E-state index contributed by atoms with van der Waals surface area (Å²) in [5, 5.41) is 3.30. The largest absolute Gasteiger partial charge is 0.356 e. The zero-order valence-electron chi connectivity index (χ0n) is 17.8. The second kappa shape index (κ2) is 8.93. The number of aryl methyl sites for hydroxylation is 2. The topological polar surface area (TPSA) is 87.2 Å². The van der Waals surface area contributed by atoms with Crippen molar-refractivity contribution in [3.63, 3.8) is 0 Å². The third kappa shape index (κ3) is 5.32. The molecule has 1 aliphatic heterocycles. The van der Waals surface area contributed by atoms with Crippen molar-refractivity contribution in [1.82, 2.24) is 9.97 Å². The number of nitrogens with zero attached hydrogens (tertiary/aromatic N) is 3. The van der Waals surface area contributed by atoms with Gasteiger partial charge in [-0.1, -0.05) is 12.1 Å². The number of piperidine rings is 1. The SMILES string of the molecule is Cc1cccc(S(=O)(=O)Nc2ccc(Nc3cc(N4CCCCC4)nc(C)n3)cc2)c1. The van der Waals surface area contributed by atoms with Crippen molar-refractivity contribution in [1.29, 1.82) is 0 Å². The summed E-state index contributed by atoms with van der Waals surface area (Å²) in [5.74, 6) is 2.38. The van der Waals surface area contributed by atoms with Crippen LogP contribution in [0, 0.1) is 13.8 Å². The molecule has 1 aliphatic rings. The maximum absolute atomic E-state index is 12.6. The molecule has 162 valence electrons. The molecule has 0 atom stereocenters. The molecular weight excluding hydrogens is 410 g/mol. The summed E-state index contributed by atoms with van der Waals surface area (Å²) in [6.45, 7) is 5.80. The molecule has 7 nitrogen and oxygen atoms in total. The van der Waals surface area contributed by atoms with E-state index in [1.54, 1.807) is 30.3 Å². The van der Waals surface area contributed by atoms with Crippen molar-refractivity contribution in [2.24, 2.45) is 0 Å². The van der Waals surface area contributed by atoms with Gasteiger partial charge in [0.05, 0.1) is 4.90 Å². The van der Waals surface area contributed by atoms with Crippen molar-refractivity contribution in [3.8, 4) is 0 Å². The molecular formula is C23H27N5O2S. The van der Waals surface area contributed by atoms with Crippen LogP contribution in [0.25, 0.3) is 0 Å². The van der Waals surface area contributed by atoms with E-state index in [-0.39, 0.29) is 4.90 Å². The predicted molar refractivity (Wildman–Crippen MR) is 125 cm³/mol. The lowest BCUT2D eigenvalue weighted by Gasteiger charge is -2.28. The van der Waals surface area contributed by atoms with Crippen LogP contribution in [-0.2, 0) is 10.0 Å². The molecule has 0 bridgehead atoms. The van der Waals surface area contributed by atoms with E-state index in [0.717, 1.165) is 36.0 Å². The number of hydrogen-bond donors (Lipinski definition) is 2. The van der Waals surface area contributed by atoms with E-state index in [1.807, 2.05) is 38.1 Å². The van der Waals surface area contributed by atoms with Crippen LogP contribution in [-0.4, -0.2) is 31.5 Å². The molecule has 0 unspecified atom stereocenters. The van der Waals surface area contributed by atoms with Crippen LogP contribution in [0.1, 0.15) is 30.7 Å². The van der Waals surface area contributed by atoms with E-state index < -0.39 is 10.0 Å². The number of hydrogen-bond acceptors (Lipinski definition) is 6. The number of rotatable bonds is 6. The molecule has 4 rings (SSSR count). The summed E-state index contributed by atoms with van der Waals surface area (Å²) in [7, 11) is -3.63. The summed E-state index contributed by atoms with van der Waals surface area (Å²) in [6, 6.07) is 15.9. The number of benzene rings is 2. The first kappa shape index (κ1) is 21.1. The standard InChI is InChI=1S/C23H27N5O2S/c1-17-7-6-8-21(15-17)31(29,30)27-20-11-9-19(10-12-20)26-22-16-23(25-18(2)24-22)28-13-4-3-5-14-28/h6-12,15-16,27H,3-5,13-14H2,1-2H3,(H,24,25,26). The van der Waals surface area contributed by atoms with Crippen LogP contribution in [0.2, 0.25) is 0 Å². The van der Waals surface area contributed by atoms with Gasteiger partial charge in [-0.2, -0.15) is 0 Å². The van der Waals surface area contributed by atoms with E-state index in [1.165, 1.54) is 19.3 Å². The summed E-state index contributed by atoms with van der Waals surface area (Å²) in [5.41, 5.74) is 2.22. The fourth-order valence-corrected chi connectivity index (χ4v) is 4.83. The zero-order chi connectivity index (χ0) is 21.8. The minimum Gasteiger partial charge on any atom is -0.356 e. The molecule has 0 radical (unpaired) electrons. The van der Waals surface area contributed by atoms with Crippen LogP contribution >= 0.6 is 0 Å². The Labute approximate surface area is 183 Å². The maximum Gasteiger partial charge on any atom is 0.261 e. The number of aromatic nitrogens is 2. The molecule has 2 aromatic carbocycles. The lowest BCUT2D eigenvalue weighted by Crippen LogP contribution is -2.30. The molecule has 3 aromatic rings. The van der Waals surface area contributed by atoms with Crippen LogP contribution in [0.3, 0.4) is 0 Å². The third-order valence-corrected chi connectivity index (χ3v) is 6.59. The van der Waals surface area contributed by atoms with E-state index in [4.69, 9.17) is 0 Å². The van der Waals surface area contributed by atoms with Crippen molar-refractivity contribution >= 4 is 33.0 Å². The van der Waals surface area contributed by atoms with Gasteiger partial charge in [-0.25, -0.2) is 18.4 Å². The lowest BCUT2D eigenvalue weighted by atomic mass is 10.1. The molecule has 0 spiro atoms. The van der Waals surface area contributed by atoms with Gasteiger partial charge in [-0.05, 0) is 75.1 Å². The molecule has 0 aliphatic carbocycles. The van der Waals surface area contributed by atoms with Gasteiger partial charge in [0.2, 0.25) is 0 Å². The molecule has 1 fully saturated rings. The van der Waals surface area contributed by atoms with E-state index >= 15 is 0 Å². The van der Waals surface area contributed by atoms with E-state index in [9.17, 15) is 8.42 Å². The van der Waals surface area contributed by atoms with Gasteiger partial charge in [0.15, 0.2) is 0 Å². The summed E-state index contributed by atoms with van der Waals surface area (Å²) >= 11 is 0. The smallest absolute Gasteiger partial charge is 0.261 e. The van der Waals surface area contributed by atoms with Gasteiger partial charge in [-0.15, -0.1) is 0 Å². The Morgan fingerprint density at radius 2 is 1.58 bits per heavy atom. The minimum atomic E-state index is -3.63. The monoisotopic (exact) mass is 437 g/mol. The first-order valence-electron chi connectivity index (χ1n) is 10.5. The Kier molecular flexibility index (Phi) is 6.08. The van der Waals surface area contributed by atoms with Gasteiger partial charge < -0.3 is 10.2 Å². The van der Waals surface area contributed by atoms with Crippen LogP contribution in [0.15, 0.2) is 59.5 Å². The first-order chi connectivity index (χ1) is 14.9. The average molecular weight is 438 g/mol. The summed E-state index contributed by atoms with van der Waals surface area (Å²) in [4.78, 5) is 11.6. The predicted octanol–water partition coefficient (Wildman–Crippen LogP) is 4.63. The van der Waals surface area contributed by atoms with E-state index in [0.29, 0.717) is 11.5 Å². The Bertz CT molecular complexity index is 1160. The molecule has 2 N–H and O–H groups in total. The number of anilines is 4. The van der Waals surface area contributed by atoms with Gasteiger partial charge in [0.25, 0.3) is 10.0 Å². The number of nitrogens with one attached hydrogen (secondary N) is 2. The van der Waals surface area contributed by atoms with Crippen LogP contribution < -0.4 is 14.9 Å². The van der Waals surface area contributed by atoms with Crippen molar-refractivity contribution in [3.05, 3.63) is 66.0 Å². The van der Waals surface area contributed by atoms with Crippen molar-refractivity contribution in [2.45, 2.75) is 38.0 Å². The summed E-state index contributed by atoms with van der Waals surface area (Å²) < 4.78 is 27.8. The Hall–Kier alpha value is -3.13. The van der Waals surface area contributed by atoms with Gasteiger partial charge in [-0.3, -0.25) is 4.72 Å². The highest BCUT2D eigenvalue weighted by atomic mass is 32.2. The minimum absolute atomic E-state index is 0.247. The fourth-order valence-electron chi connectivity index (χ4n) is 3.67. The summed E-state index contributed by atoms with van der Waals surface area (Å²) in [6.07, 6.45) is 3.64. The highest BCUT2D eigenvalue weighted by Gasteiger charge is 2.15. The third-order valence-electron chi connectivity index (χ3n) is 5.21. The normalized spacial score (nSPS) is 14.3. The second-order valence-electron chi connectivity index (χ2n) is 7.83. The Balaban J connectivity index is 1.47. The Morgan fingerprint density at radius 1 is 0.871 bits per heavy atom. The molecule has 0 amide bonds. The molecule has 2 heterocycles. The average Bonchev–Trinajstić information content (AvgIpc) is 2.75. The Morgan fingerprint density at radius 3 is 2.29 bits per heavy atom.